The van der Waals surface area contributed by atoms with Crippen LogP contribution in [0.25, 0.3) is 0 Å². The van der Waals surface area contributed by atoms with Gasteiger partial charge in [0.05, 0.1) is 16.8 Å². The first-order chi connectivity index (χ1) is 13.5. The Morgan fingerprint density at radius 2 is 1.89 bits per heavy atom. The minimum absolute atomic E-state index is 0.105. The van der Waals surface area contributed by atoms with Crippen LogP contribution in [-0.4, -0.2) is 56.6 Å². The minimum atomic E-state index is -3.92. The largest absolute Gasteiger partial charge is 0.306 e. The zero-order chi connectivity index (χ0) is 20.0. The lowest BCUT2D eigenvalue weighted by Crippen LogP contribution is -2.40. The van der Waals surface area contributed by atoms with Crippen molar-refractivity contribution in [2.45, 2.75) is 17.7 Å². The van der Waals surface area contributed by atoms with Crippen molar-refractivity contribution >= 4 is 27.3 Å². The molecule has 0 saturated carbocycles. The second kappa shape index (κ2) is 8.94. The normalized spacial score (nSPS) is 15.1. The fraction of sp³-hybridized carbons (Fsp3) is 0.316. The van der Waals surface area contributed by atoms with Gasteiger partial charge in [-0.3, -0.25) is 14.1 Å². The van der Waals surface area contributed by atoms with E-state index in [-0.39, 0.29) is 11.4 Å². The highest BCUT2D eigenvalue weighted by molar-refractivity contribution is 7.92. The molecular formula is C19H23N5O3S. The Morgan fingerprint density at radius 3 is 2.54 bits per heavy atom. The summed E-state index contributed by atoms with van der Waals surface area (Å²) in [5.74, 6) is -0.505. The Hall–Kier alpha value is -2.78. The van der Waals surface area contributed by atoms with Crippen molar-refractivity contribution in [3.05, 3.63) is 54.9 Å². The molecule has 8 nitrogen and oxygen atoms in total. The lowest BCUT2D eigenvalue weighted by Gasteiger charge is -2.24. The lowest BCUT2D eigenvalue weighted by molar-refractivity contribution is -0.119. The number of aromatic nitrogens is 1. The number of sulfonamides is 1. The molecule has 28 heavy (non-hydrogen) atoms. The maximum Gasteiger partial charge on any atom is 0.264 e. The number of pyridine rings is 1. The molecule has 0 radical (unpaired) electrons. The summed E-state index contributed by atoms with van der Waals surface area (Å²) in [5, 5.41) is 4.17. The number of hydrazone groups is 1. The number of amides is 1. The second-order valence-electron chi connectivity index (χ2n) is 6.55. The van der Waals surface area contributed by atoms with Crippen LogP contribution in [0.5, 0.6) is 0 Å². The quantitative estimate of drug-likeness (QED) is 0.740. The van der Waals surface area contributed by atoms with E-state index in [9.17, 15) is 13.2 Å². The first-order valence-electron chi connectivity index (χ1n) is 8.97. The van der Waals surface area contributed by atoms with Crippen molar-refractivity contribution in [3.8, 4) is 0 Å². The third-order valence-electron chi connectivity index (χ3n) is 4.46. The summed E-state index contributed by atoms with van der Waals surface area (Å²) in [6.45, 7) is 1.39. The van der Waals surface area contributed by atoms with E-state index in [0.717, 1.165) is 35.9 Å². The summed E-state index contributed by atoms with van der Waals surface area (Å²) in [4.78, 5) is 18.7. The summed E-state index contributed by atoms with van der Waals surface area (Å²) >= 11 is 0. The first-order valence-corrected chi connectivity index (χ1v) is 10.4. The van der Waals surface area contributed by atoms with Crippen LogP contribution < -0.4 is 9.73 Å². The summed E-state index contributed by atoms with van der Waals surface area (Å²) in [6.07, 6.45) is 4.52. The molecule has 1 saturated heterocycles. The first kappa shape index (κ1) is 20.0. The predicted octanol–water partition coefficient (Wildman–Crippen LogP) is 1.47. The van der Waals surface area contributed by atoms with Crippen LogP contribution >= 0.6 is 0 Å². The number of carbonyl (C=O) groups excluding carboxylic acids is 1. The van der Waals surface area contributed by atoms with Crippen LogP contribution in [-0.2, 0) is 14.8 Å². The Balaban J connectivity index is 1.79. The molecule has 0 atom stereocenters. The number of nitrogens with zero attached hydrogens (tertiary/aromatic N) is 4. The molecule has 3 rings (SSSR count). The monoisotopic (exact) mass is 401 g/mol. The van der Waals surface area contributed by atoms with Gasteiger partial charge in [0.15, 0.2) is 0 Å². The molecule has 1 amide bonds. The van der Waals surface area contributed by atoms with Crippen molar-refractivity contribution in [3.63, 3.8) is 0 Å². The van der Waals surface area contributed by atoms with Gasteiger partial charge in [0.1, 0.15) is 6.54 Å². The number of carbonyl (C=O) groups is 1. The van der Waals surface area contributed by atoms with Crippen molar-refractivity contribution in [2.75, 3.05) is 31.0 Å². The molecule has 0 unspecified atom stereocenters. The number of anilines is 1. The molecule has 2 heterocycles. The fourth-order valence-electron chi connectivity index (χ4n) is 2.83. The van der Waals surface area contributed by atoms with E-state index in [1.54, 1.807) is 36.5 Å². The van der Waals surface area contributed by atoms with Crippen molar-refractivity contribution < 1.29 is 13.2 Å². The smallest absolute Gasteiger partial charge is 0.264 e. The number of benzene rings is 1. The fourth-order valence-corrected chi connectivity index (χ4v) is 4.26. The van der Waals surface area contributed by atoms with E-state index in [4.69, 9.17) is 0 Å². The van der Waals surface area contributed by atoms with Gasteiger partial charge in [0.25, 0.3) is 15.9 Å². The standard InChI is InChI=1S/C19H23N5O3S/c1-23-12-9-16(10-13-23)21-22-19(25)15-24(17-6-5-11-20-14-17)28(26,27)18-7-3-2-4-8-18/h2-8,11,14H,9-10,12-13,15H2,1H3,(H,22,25). The highest BCUT2D eigenvalue weighted by Crippen LogP contribution is 2.22. The van der Waals surface area contributed by atoms with Gasteiger partial charge in [-0.15, -0.1) is 0 Å². The van der Waals surface area contributed by atoms with Gasteiger partial charge in [0, 0.05) is 37.8 Å². The molecule has 0 spiro atoms. The molecule has 1 aliphatic heterocycles. The summed E-state index contributed by atoms with van der Waals surface area (Å²) in [7, 11) is -1.89. The molecule has 148 valence electrons. The number of rotatable bonds is 6. The zero-order valence-corrected chi connectivity index (χ0v) is 16.5. The van der Waals surface area contributed by atoms with E-state index in [0.29, 0.717) is 5.69 Å². The molecule has 0 aliphatic carbocycles. The zero-order valence-electron chi connectivity index (χ0n) is 15.7. The molecule has 1 fully saturated rings. The van der Waals surface area contributed by atoms with E-state index in [1.165, 1.54) is 18.3 Å². The van der Waals surface area contributed by atoms with Gasteiger partial charge >= 0.3 is 0 Å². The Kier molecular flexibility index (Phi) is 6.37. The average molecular weight is 401 g/mol. The highest BCUT2D eigenvalue weighted by Gasteiger charge is 2.27. The van der Waals surface area contributed by atoms with Crippen LogP contribution in [0, 0.1) is 0 Å². The summed E-state index contributed by atoms with van der Waals surface area (Å²) < 4.78 is 27.2. The van der Waals surface area contributed by atoms with Gasteiger partial charge < -0.3 is 4.90 Å². The van der Waals surface area contributed by atoms with Gasteiger partial charge in [-0.25, -0.2) is 13.8 Å². The maximum absolute atomic E-state index is 13.1. The van der Waals surface area contributed by atoms with Crippen LogP contribution in [0.2, 0.25) is 0 Å². The van der Waals surface area contributed by atoms with Crippen molar-refractivity contribution in [1.29, 1.82) is 0 Å². The highest BCUT2D eigenvalue weighted by atomic mass is 32.2. The van der Waals surface area contributed by atoms with Gasteiger partial charge in [-0.05, 0) is 31.3 Å². The second-order valence-corrected chi connectivity index (χ2v) is 8.41. The number of piperidine rings is 1. The Morgan fingerprint density at radius 1 is 1.18 bits per heavy atom. The summed E-state index contributed by atoms with van der Waals surface area (Å²) in [5.41, 5.74) is 3.72. The predicted molar refractivity (Wildman–Crippen MR) is 108 cm³/mol. The van der Waals surface area contributed by atoms with Crippen LogP contribution in [0.4, 0.5) is 5.69 Å². The molecule has 1 aliphatic rings. The number of nitrogens with one attached hydrogen (secondary N) is 1. The van der Waals surface area contributed by atoms with Crippen LogP contribution in [0.3, 0.4) is 0 Å². The van der Waals surface area contributed by atoms with Gasteiger partial charge in [0.2, 0.25) is 0 Å². The van der Waals surface area contributed by atoms with Crippen molar-refractivity contribution in [2.24, 2.45) is 5.10 Å². The Bertz CT molecular complexity index is 923. The third kappa shape index (κ3) is 4.93. The molecular weight excluding hydrogens is 378 g/mol. The minimum Gasteiger partial charge on any atom is -0.306 e. The number of hydrogen-bond donors (Lipinski definition) is 1. The van der Waals surface area contributed by atoms with E-state index < -0.39 is 15.9 Å². The molecule has 1 aromatic heterocycles. The molecule has 1 N–H and O–H groups in total. The topological polar surface area (TPSA) is 95.0 Å². The van der Waals surface area contributed by atoms with Gasteiger partial charge in [-0.2, -0.15) is 5.10 Å². The van der Waals surface area contributed by atoms with E-state index >= 15 is 0 Å². The van der Waals surface area contributed by atoms with Crippen LogP contribution in [0.15, 0.2) is 64.9 Å². The van der Waals surface area contributed by atoms with E-state index in [2.05, 4.69) is 20.4 Å². The van der Waals surface area contributed by atoms with E-state index in [1.807, 2.05) is 7.05 Å². The molecule has 0 bridgehead atoms. The maximum atomic E-state index is 13.1. The summed E-state index contributed by atoms with van der Waals surface area (Å²) in [6, 6.07) is 11.2. The number of hydrogen-bond acceptors (Lipinski definition) is 6. The Labute approximate surface area is 164 Å². The average Bonchev–Trinajstić information content (AvgIpc) is 2.73. The molecule has 1 aromatic carbocycles. The van der Waals surface area contributed by atoms with Crippen LogP contribution in [0.1, 0.15) is 12.8 Å². The third-order valence-corrected chi connectivity index (χ3v) is 6.24. The van der Waals surface area contributed by atoms with Crippen molar-refractivity contribution in [1.82, 2.24) is 15.3 Å². The SMILES string of the molecule is CN1CCC(=NNC(=O)CN(c2cccnc2)S(=O)(=O)c2ccccc2)CC1. The lowest BCUT2D eigenvalue weighted by atomic mass is 10.1. The molecule has 2 aromatic rings. The van der Waals surface area contributed by atoms with Gasteiger partial charge in [-0.1, -0.05) is 18.2 Å². The molecule has 9 heteroatoms. The number of likely N-dealkylation sites (tertiary alicyclic amines) is 1.